The first-order valence-electron chi connectivity index (χ1n) is 4.89. The monoisotopic (exact) mass is 365 g/mol. The predicted octanol–water partition coefficient (Wildman–Crippen LogP) is 3.11. The molecule has 88 valence electrons. The van der Waals surface area contributed by atoms with Crippen LogP contribution in [-0.2, 0) is 0 Å². The summed E-state index contributed by atoms with van der Waals surface area (Å²) in [5.41, 5.74) is 5.50. The standard InChI is InChI=1S/C10H13Br2N3S/c1-2-15(4-3-9(13)16)10-8(12)5-7(11)6-14-10/h5-6H,2-4H2,1H3,(H2,13,16). The lowest BCUT2D eigenvalue weighted by atomic mass is 10.3. The van der Waals surface area contributed by atoms with Gasteiger partial charge in [0, 0.05) is 30.2 Å². The highest BCUT2D eigenvalue weighted by Crippen LogP contribution is 2.26. The van der Waals surface area contributed by atoms with Crippen LogP contribution in [-0.4, -0.2) is 23.1 Å². The third-order valence-corrected chi connectivity index (χ3v) is 3.32. The van der Waals surface area contributed by atoms with Crippen molar-refractivity contribution in [3.05, 3.63) is 21.2 Å². The van der Waals surface area contributed by atoms with Gasteiger partial charge in [-0.05, 0) is 44.8 Å². The van der Waals surface area contributed by atoms with E-state index in [0.29, 0.717) is 11.4 Å². The number of halogens is 2. The Morgan fingerprint density at radius 3 is 2.75 bits per heavy atom. The summed E-state index contributed by atoms with van der Waals surface area (Å²) in [7, 11) is 0. The molecule has 0 bridgehead atoms. The number of thiocarbonyl (C=S) groups is 1. The van der Waals surface area contributed by atoms with Gasteiger partial charge in [-0.3, -0.25) is 0 Å². The fourth-order valence-corrected chi connectivity index (χ4v) is 2.63. The summed E-state index contributed by atoms with van der Waals surface area (Å²) in [6.07, 6.45) is 2.48. The van der Waals surface area contributed by atoms with Crippen LogP contribution in [0.4, 0.5) is 5.82 Å². The number of hydrogen-bond acceptors (Lipinski definition) is 3. The second-order valence-corrected chi connectivity index (χ2v) is 5.55. The van der Waals surface area contributed by atoms with Crippen LogP contribution in [0.3, 0.4) is 0 Å². The second kappa shape index (κ2) is 6.51. The lowest BCUT2D eigenvalue weighted by Crippen LogP contribution is -2.28. The Kier molecular flexibility index (Phi) is 5.64. The molecule has 1 aromatic heterocycles. The highest BCUT2D eigenvalue weighted by molar-refractivity contribution is 9.11. The van der Waals surface area contributed by atoms with Crippen LogP contribution >= 0.6 is 44.1 Å². The van der Waals surface area contributed by atoms with Crippen LogP contribution in [0.5, 0.6) is 0 Å². The number of pyridine rings is 1. The Morgan fingerprint density at radius 2 is 2.25 bits per heavy atom. The largest absolute Gasteiger partial charge is 0.393 e. The van der Waals surface area contributed by atoms with Gasteiger partial charge in [0.05, 0.1) is 9.46 Å². The van der Waals surface area contributed by atoms with Crippen LogP contribution in [0, 0.1) is 0 Å². The van der Waals surface area contributed by atoms with Crippen molar-refractivity contribution in [2.45, 2.75) is 13.3 Å². The number of anilines is 1. The molecule has 0 saturated heterocycles. The molecule has 0 radical (unpaired) electrons. The molecule has 0 saturated carbocycles. The molecule has 0 amide bonds. The minimum atomic E-state index is 0.534. The Balaban J connectivity index is 2.82. The topological polar surface area (TPSA) is 42.1 Å². The Bertz CT molecular complexity index is 384. The zero-order valence-corrected chi connectivity index (χ0v) is 12.9. The zero-order chi connectivity index (χ0) is 12.1. The molecule has 1 aromatic rings. The smallest absolute Gasteiger partial charge is 0.142 e. The lowest BCUT2D eigenvalue weighted by molar-refractivity contribution is 0.816. The molecule has 0 unspecified atom stereocenters. The average Bonchev–Trinajstić information content (AvgIpc) is 2.21. The van der Waals surface area contributed by atoms with Crippen LogP contribution in [0.1, 0.15) is 13.3 Å². The van der Waals surface area contributed by atoms with Crippen molar-refractivity contribution >= 4 is 54.9 Å². The summed E-state index contributed by atoms with van der Waals surface area (Å²) < 4.78 is 1.92. The van der Waals surface area contributed by atoms with Crippen LogP contribution in [0.25, 0.3) is 0 Å². The first-order chi connectivity index (χ1) is 7.54. The minimum Gasteiger partial charge on any atom is -0.393 e. The van der Waals surface area contributed by atoms with Gasteiger partial charge in [0.2, 0.25) is 0 Å². The fraction of sp³-hybridized carbons (Fsp3) is 0.400. The molecule has 1 rings (SSSR count). The van der Waals surface area contributed by atoms with Crippen molar-refractivity contribution in [1.29, 1.82) is 0 Å². The highest BCUT2D eigenvalue weighted by Gasteiger charge is 2.10. The van der Waals surface area contributed by atoms with E-state index >= 15 is 0 Å². The van der Waals surface area contributed by atoms with E-state index < -0.39 is 0 Å². The van der Waals surface area contributed by atoms with E-state index in [9.17, 15) is 0 Å². The summed E-state index contributed by atoms with van der Waals surface area (Å²) >= 11 is 11.8. The van der Waals surface area contributed by atoms with Crippen LogP contribution in [0.2, 0.25) is 0 Å². The van der Waals surface area contributed by atoms with E-state index in [4.69, 9.17) is 18.0 Å². The van der Waals surface area contributed by atoms with Crippen molar-refractivity contribution in [1.82, 2.24) is 4.98 Å². The van der Waals surface area contributed by atoms with E-state index in [1.165, 1.54) is 0 Å². The zero-order valence-electron chi connectivity index (χ0n) is 8.91. The molecule has 0 aliphatic carbocycles. The minimum absolute atomic E-state index is 0.534. The van der Waals surface area contributed by atoms with Gasteiger partial charge in [0.25, 0.3) is 0 Å². The molecule has 1 heterocycles. The number of hydrogen-bond donors (Lipinski definition) is 1. The molecule has 2 N–H and O–H groups in total. The fourth-order valence-electron chi connectivity index (χ4n) is 1.30. The third kappa shape index (κ3) is 3.99. The Labute approximate surface area is 118 Å². The summed E-state index contributed by atoms with van der Waals surface area (Å²) in [6.45, 7) is 3.74. The number of rotatable bonds is 5. The SMILES string of the molecule is CCN(CCC(N)=S)c1ncc(Br)cc1Br. The maximum absolute atomic E-state index is 5.50. The molecule has 0 aliphatic rings. The van der Waals surface area contributed by atoms with Gasteiger partial charge in [-0.2, -0.15) is 0 Å². The van der Waals surface area contributed by atoms with Crippen LogP contribution in [0.15, 0.2) is 21.2 Å². The molecular formula is C10H13Br2N3S. The van der Waals surface area contributed by atoms with Gasteiger partial charge in [-0.15, -0.1) is 0 Å². The quantitative estimate of drug-likeness (QED) is 0.813. The summed E-state index contributed by atoms with van der Waals surface area (Å²) in [4.78, 5) is 7.04. The van der Waals surface area contributed by atoms with E-state index in [0.717, 1.165) is 27.9 Å². The van der Waals surface area contributed by atoms with Crippen LogP contribution < -0.4 is 10.6 Å². The Morgan fingerprint density at radius 1 is 1.56 bits per heavy atom. The molecule has 0 atom stereocenters. The maximum Gasteiger partial charge on any atom is 0.142 e. The average molecular weight is 367 g/mol. The number of nitrogens with two attached hydrogens (primary N) is 1. The van der Waals surface area contributed by atoms with Gasteiger partial charge >= 0.3 is 0 Å². The van der Waals surface area contributed by atoms with Crippen molar-refractivity contribution in [2.75, 3.05) is 18.0 Å². The summed E-state index contributed by atoms with van der Waals surface area (Å²) in [5, 5.41) is 0. The summed E-state index contributed by atoms with van der Waals surface area (Å²) in [6, 6.07) is 1.98. The van der Waals surface area contributed by atoms with Gasteiger partial charge in [-0.1, -0.05) is 12.2 Å². The second-order valence-electron chi connectivity index (χ2n) is 3.25. The van der Waals surface area contributed by atoms with E-state index in [1.807, 2.05) is 6.07 Å². The first-order valence-corrected chi connectivity index (χ1v) is 6.88. The highest BCUT2D eigenvalue weighted by atomic mass is 79.9. The van der Waals surface area contributed by atoms with E-state index in [1.54, 1.807) is 6.20 Å². The summed E-state index contributed by atoms with van der Waals surface area (Å²) in [5.74, 6) is 0.918. The van der Waals surface area contributed by atoms with Gasteiger partial charge < -0.3 is 10.6 Å². The molecule has 0 aliphatic heterocycles. The number of nitrogens with zero attached hydrogens (tertiary/aromatic N) is 2. The molecular weight excluding hydrogens is 354 g/mol. The van der Waals surface area contributed by atoms with Gasteiger partial charge in [-0.25, -0.2) is 4.98 Å². The molecule has 0 aromatic carbocycles. The molecule has 16 heavy (non-hydrogen) atoms. The van der Waals surface area contributed by atoms with Crippen molar-refractivity contribution in [3.63, 3.8) is 0 Å². The maximum atomic E-state index is 5.50. The first kappa shape index (κ1) is 13.9. The lowest BCUT2D eigenvalue weighted by Gasteiger charge is -2.22. The van der Waals surface area contributed by atoms with Crippen molar-refractivity contribution in [3.8, 4) is 0 Å². The Hall–Kier alpha value is -0.200. The van der Waals surface area contributed by atoms with Gasteiger partial charge in [0.1, 0.15) is 5.82 Å². The van der Waals surface area contributed by atoms with Crippen molar-refractivity contribution in [2.24, 2.45) is 5.73 Å². The van der Waals surface area contributed by atoms with E-state index in [2.05, 4.69) is 48.7 Å². The molecule has 0 fully saturated rings. The van der Waals surface area contributed by atoms with E-state index in [-0.39, 0.29) is 0 Å². The molecule has 3 nitrogen and oxygen atoms in total. The third-order valence-electron chi connectivity index (χ3n) is 2.10. The van der Waals surface area contributed by atoms with Crippen molar-refractivity contribution < 1.29 is 0 Å². The number of aromatic nitrogens is 1. The molecule has 0 spiro atoms. The van der Waals surface area contributed by atoms with Gasteiger partial charge in [0.15, 0.2) is 0 Å². The predicted molar refractivity (Wildman–Crippen MR) is 78.9 cm³/mol. The molecule has 6 heteroatoms. The normalized spacial score (nSPS) is 10.2.